The summed E-state index contributed by atoms with van der Waals surface area (Å²) in [4.78, 5) is 4.28. The summed E-state index contributed by atoms with van der Waals surface area (Å²) in [6.07, 6.45) is 2.65. The Kier molecular flexibility index (Phi) is 3.50. The molecule has 2 N–H and O–H groups in total. The third-order valence-electron chi connectivity index (χ3n) is 2.96. The molecule has 0 radical (unpaired) electrons. The number of rotatable bonds is 3. The van der Waals surface area contributed by atoms with Gasteiger partial charge in [0.15, 0.2) is 0 Å². The quantitative estimate of drug-likeness (QED) is 0.909. The van der Waals surface area contributed by atoms with Crippen molar-refractivity contribution in [1.29, 1.82) is 0 Å². The van der Waals surface area contributed by atoms with Gasteiger partial charge in [0.1, 0.15) is 0 Å². The molecule has 3 nitrogen and oxygen atoms in total. The van der Waals surface area contributed by atoms with Crippen molar-refractivity contribution in [2.75, 3.05) is 6.54 Å². The topological polar surface area (TPSA) is 43.8 Å². The van der Waals surface area contributed by atoms with E-state index in [2.05, 4.69) is 11.1 Å². The Bertz CT molecular complexity index is 531. The summed E-state index contributed by atoms with van der Waals surface area (Å²) in [6, 6.07) is 6.04. The van der Waals surface area contributed by atoms with Crippen molar-refractivity contribution in [3.63, 3.8) is 0 Å². The number of imidazole rings is 1. The number of nitrogens with two attached hydrogens (primary N) is 1. The van der Waals surface area contributed by atoms with E-state index < -0.39 is 0 Å². The summed E-state index contributed by atoms with van der Waals surface area (Å²) in [5.41, 5.74) is 9.79. The van der Waals surface area contributed by atoms with Crippen molar-refractivity contribution < 1.29 is 0 Å². The Morgan fingerprint density at radius 1 is 1.35 bits per heavy atom. The Balaban J connectivity index is 2.43. The van der Waals surface area contributed by atoms with E-state index in [9.17, 15) is 0 Å². The fraction of sp³-hybridized carbons (Fsp3) is 0.308. The van der Waals surface area contributed by atoms with Crippen molar-refractivity contribution >= 4 is 11.6 Å². The predicted molar refractivity (Wildman–Crippen MR) is 70.8 cm³/mol. The van der Waals surface area contributed by atoms with Crippen LogP contribution >= 0.6 is 11.6 Å². The number of aryl methyl sites for hydroxylation is 1. The first-order valence-corrected chi connectivity index (χ1v) is 6.00. The molecule has 0 amide bonds. The van der Waals surface area contributed by atoms with Gasteiger partial charge in [0, 0.05) is 5.69 Å². The van der Waals surface area contributed by atoms with Gasteiger partial charge >= 0.3 is 0 Å². The minimum Gasteiger partial charge on any atom is -0.330 e. The summed E-state index contributed by atoms with van der Waals surface area (Å²) >= 11 is 6.29. The zero-order valence-electron chi connectivity index (χ0n) is 10.1. The van der Waals surface area contributed by atoms with Gasteiger partial charge < -0.3 is 10.3 Å². The number of benzene rings is 1. The largest absolute Gasteiger partial charge is 0.330 e. The summed E-state index contributed by atoms with van der Waals surface area (Å²) < 4.78 is 2.00. The highest BCUT2D eigenvalue weighted by molar-refractivity contribution is 6.32. The van der Waals surface area contributed by atoms with E-state index in [1.807, 2.05) is 30.5 Å². The van der Waals surface area contributed by atoms with Gasteiger partial charge in [-0.25, -0.2) is 4.98 Å². The third kappa shape index (κ3) is 2.35. The normalized spacial score (nSPS) is 10.8. The highest BCUT2D eigenvalue weighted by atomic mass is 35.5. The molecule has 0 unspecified atom stereocenters. The van der Waals surface area contributed by atoms with Crippen LogP contribution in [0, 0.1) is 13.8 Å². The Morgan fingerprint density at radius 2 is 2.12 bits per heavy atom. The molecule has 0 aliphatic heterocycles. The van der Waals surface area contributed by atoms with Crippen molar-refractivity contribution in [3.8, 4) is 5.69 Å². The van der Waals surface area contributed by atoms with E-state index >= 15 is 0 Å². The SMILES string of the molecule is Cc1ncn(-c2ccc(CCN)cc2Cl)c1C. The van der Waals surface area contributed by atoms with Gasteiger partial charge in [-0.15, -0.1) is 0 Å². The maximum Gasteiger partial charge on any atom is 0.0997 e. The molecule has 2 aromatic rings. The predicted octanol–water partition coefficient (Wildman–Crippen LogP) is 2.64. The number of nitrogens with zero attached hydrogens (tertiary/aromatic N) is 2. The maximum atomic E-state index is 6.29. The van der Waals surface area contributed by atoms with Crippen molar-refractivity contribution in [2.45, 2.75) is 20.3 Å². The molecule has 1 heterocycles. The molecule has 0 spiro atoms. The lowest BCUT2D eigenvalue weighted by Gasteiger charge is -2.09. The van der Waals surface area contributed by atoms with E-state index in [1.54, 1.807) is 6.33 Å². The van der Waals surface area contributed by atoms with Gasteiger partial charge in [0.05, 0.1) is 22.7 Å². The average molecular weight is 250 g/mol. The van der Waals surface area contributed by atoms with Gasteiger partial charge in [0.25, 0.3) is 0 Å². The first kappa shape index (κ1) is 12.1. The minimum absolute atomic E-state index is 0.638. The second-order valence-electron chi connectivity index (χ2n) is 4.11. The molecule has 1 aromatic heterocycles. The first-order valence-electron chi connectivity index (χ1n) is 5.63. The molecule has 4 heteroatoms. The number of halogens is 1. The van der Waals surface area contributed by atoms with Crippen LogP contribution in [0.4, 0.5) is 0 Å². The molecule has 17 heavy (non-hydrogen) atoms. The van der Waals surface area contributed by atoms with E-state index in [0.29, 0.717) is 6.54 Å². The number of aromatic nitrogens is 2. The van der Waals surface area contributed by atoms with Crippen molar-refractivity contribution in [2.24, 2.45) is 5.73 Å². The lowest BCUT2D eigenvalue weighted by molar-refractivity contribution is 0.959. The molecule has 1 aromatic carbocycles. The van der Waals surface area contributed by atoms with Gasteiger partial charge in [-0.3, -0.25) is 0 Å². The van der Waals surface area contributed by atoms with E-state index in [1.165, 1.54) is 0 Å². The van der Waals surface area contributed by atoms with Crippen LogP contribution in [0.1, 0.15) is 17.0 Å². The highest BCUT2D eigenvalue weighted by Crippen LogP contribution is 2.24. The standard InChI is InChI=1S/C13H16ClN3/c1-9-10(2)17(8-16-9)13-4-3-11(5-6-15)7-12(13)14/h3-4,7-8H,5-6,15H2,1-2H3. The molecular weight excluding hydrogens is 234 g/mol. The van der Waals surface area contributed by atoms with Crippen LogP contribution in [0.15, 0.2) is 24.5 Å². The summed E-state index contributed by atoms with van der Waals surface area (Å²) in [6.45, 7) is 4.66. The fourth-order valence-corrected chi connectivity index (χ4v) is 2.10. The molecule has 0 atom stereocenters. The van der Waals surface area contributed by atoms with Gasteiger partial charge in [-0.05, 0) is 44.5 Å². The van der Waals surface area contributed by atoms with Crippen LogP contribution in [0.2, 0.25) is 5.02 Å². The monoisotopic (exact) mass is 249 g/mol. The number of hydrogen-bond donors (Lipinski definition) is 1. The number of hydrogen-bond acceptors (Lipinski definition) is 2. The molecule has 0 aliphatic carbocycles. The summed E-state index contributed by atoms with van der Waals surface area (Å²) in [5.74, 6) is 0. The van der Waals surface area contributed by atoms with Gasteiger partial charge in [-0.1, -0.05) is 17.7 Å². The van der Waals surface area contributed by atoms with E-state index in [0.717, 1.165) is 34.1 Å². The lowest BCUT2D eigenvalue weighted by atomic mass is 10.1. The first-order chi connectivity index (χ1) is 8.13. The summed E-state index contributed by atoms with van der Waals surface area (Å²) in [5, 5.41) is 0.733. The molecule has 90 valence electrons. The van der Waals surface area contributed by atoms with Crippen LogP contribution < -0.4 is 5.73 Å². The second kappa shape index (κ2) is 4.90. The molecule has 0 fully saturated rings. The fourth-order valence-electron chi connectivity index (χ4n) is 1.81. The zero-order valence-corrected chi connectivity index (χ0v) is 10.8. The molecular formula is C13H16ClN3. The van der Waals surface area contributed by atoms with Crippen LogP contribution in [0.25, 0.3) is 5.69 Å². The smallest absolute Gasteiger partial charge is 0.0997 e. The molecule has 0 bridgehead atoms. The third-order valence-corrected chi connectivity index (χ3v) is 3.26. The van der Waals surface area contributed by atoms with Crippen LogP contribution in [-0.2, 0) is 6.42 Å². The van der Waals surface area contributed by atoms with Gasteiger partial charge in [0.2, 0.25) is 0 Å². The molecule has 2 rings (SSSR count). The molecule has 0 saturated carbocycles. The Morgan fingerprint density at radius 3 is 2.65 bits per heavy atom. The van der Waals surface area contributed by atoms with Crippen LogP contribution in [0.3, 0.4) is 0 Å². The average Bonchev–Trinajstić information content (AvgIpc) is 2.61. The lowest BCUT2D eigenvalue weighted by Crippen LogP contribution is -2.03. The molecule has 0 aliphatic rings. The van der Waals surface area contributed by atoms with Crippen LogP contribution in [-0.4, -0.2) is 16.1 Å². The Labute approximate surface area is 106 Å². The van der Waals surface area contributed by atoms with Crippen LogP contribution in [0.5, 0.6) is 0 Å². The van der Waals surface area contributed by atoms with Crippen molar-refractivity contribution in [3.05, 3.63) is 46.5 Å². The molecule has 0 saturated heterocycles. The van der Waals surface area contributed by atoms with E-state index in [-0.39, 0.29) is 0 Å². The summed E-state index contributed by atoms with van der Waals surface area (Å²) in [7, 11) is 0. The zero-order chi connectivity index (χ0) is 12.4. The highest BCUT2D eigenvalue weighted by Gasteiger charge is 2.08. The van der Waals surface area contributed by atoms with E-state index in [4.69, 9.17) is 17.3 Å². The maximum absolute atomic E-state index is 6.29. The Hall–Kier alpha value is -1.32. The minimum atomic E-state index is 0.638. The van der Waals surface area contributed by atoms with Gasteiger partial charge in [-0.2, -0.15) is 0 Å². The second-order valence-corrected chi connectivity index (χ2v) is 4.52. The van der Waals surface area contributed by atoms with Crippen molar-refractivity contribution in [1.82, 2.24) is 9.55 Å².